The number of hydrogen-bond donors (Lipinski definition) is 1. The van der Waals surface area contributed by atoms with Gasteiger partial charge in [-0.2, -0.15) is 11.3 Å². The summed E-state index contributed by atoms with van der Waals surface area (Å²) in [5, 5.41) is 5.00. The van der Waals surface area contributed by atoms with Crippen molar-refractivity contribution < 1.29 is 0 Å². The minimum absolute atomic E-state index is 0.726. The quantitative estimate of drug-likeness (QED) is 0.697. The van der Waals surface area contributed by atoms with Crippen LogP contribution >= 0.6 is 35.2 Å². The molecule has 2 heterocycles. The van der Waals surface area contributed by atoms with Crippen LogP contribution in [0.2, 0.25) is 5.02 Å². The zero-order chi connectivity index (χ0) is 12.5. The topological polar surface area (TPSA) is 20.7 Å². The van der Waals surface area contributed by atoms with Crippen molar-refractivity contribution in [2.24, 2.45) is 0 Å². The van der Waals surface area contributed by atoms with E-state index in [1.54, 1.807) is 11.3 Å². The van der Waals surface area contributed by atoms with E-state index in [1.165, 1.54) is 5.56 Å². The molecule has 0 amide bonds. The van der Waals surface area contributed by atoms with Crippen LogP contribution in [-0.2, 0) is 13.0 Å². The lowest BCUT2D eigenvalue weighted by Crippen LogP contribution is -2.00. The molecule has 0 unspecified atom stereocenters. The fraction of sp³-hybridized carbons (Fsp3) is 0.154. The molecule has 0 atom stereocenters. The zero-order valence-electron chi connectivity index (χ0n) is 9.52. The maximum Gasteiger partial charge on any atom is 0.178 e. The van der Waals surface area contributed by atoms with Gasteiger partial charge in [0.05, 0.1) is 11.0 Å². The molecule has 1 aromatic carbocycles. The Labute approximate surface area is 119 Å². The summed E-state index contributed by atoms with van der Waals surface area (Å²) >= 11 is 13.1. The van der Waals surface area contributed by atoms with Gasteiger partial charge >= 0.3 is 0 Å². The molecule has 0 radical (unpaired) electrons. The summed E-state index contributed by atoms with van der Waals surface area (Å²) in [6, 6.07) is 7.97. The standard InChI is InChI=1S/C13H11ClN2S2/c14-10-1-2-12-11(7-10)15-13(17)16(12)5-3-9-4-6-18-8-9/h1-2,4,6-8H,3,5H2,(H,15,17). The Kier molecular flexibility index (Phi) is 3.24. The molecule has 92 valence electrons. The molecule has 0 spiro atoms. The Hall–Kier alpha value is -1.10. The third kappa shape index (κ3) is 2.23. The number of rotatable bonds is 3. The number of thiophene rings is 1. The monoisotopic (exact) mass is 294 g/mol. The van der Waals surface area contributed by atoms with Crippen molar-refractivity contribution in [2.75, 3.05) is 0 Å². The van der Waals surface area contributed by atoms with Gasteiger partial charge in [-0.1, -0.05) is 11.6 Å². The first kappa shape index (κ1) is 12.0. The summed E-state index contributed by atoms with van der Waals surface area (Å²) in [7, 11) is 0. The number of nitrogens with one attached hydrogen (secondary N) is 1. The van der Waals surface area contributed by atoms with Crippen molar-refractivity contribution in [1.82, 2.24) is 9.55 Å². The molecule has 5 heteroatoms. The average Bonchev–Trinajstić information content (AvgIpc) is 2.93. The predicted octanol–water partition coefficient (Wildman–Crippen LogP) is 4.66. The highest BCUT2D eigenvalue weighted by molar-refractivity contribution is 7.71. The van der Waals surface area contributed by atoms with Crippen molar-refractivity contribution in [3.8, 4) is 0 Å². The van der Waals surface area contributed by atoms with E-state index in [1.807, 2.05) is 18.2 Å². The van der Waals surface area contributed by atoms with Gasteiger partial charge < -0.3 is 9.55 Å². The van der Waals surface area contributed by atoms with E-state index in [4.69, 9.17) is 23.8 Å². The molecule has 0 bridgehead atoms. The van der Waals surface area contributed by atoms with Crippen LogP contribution in [-0.4, -0.2) is 9.55 Å². The number of nitrogens with zero attached hydrogens (tertiary/aromatic N) is 1. The second-order valence-electron chi connectivity index (χ2n) is 4.12. The van der Waals surface area contributed by atoms with Crippen LogP contribution in [0.25, 0.3) is 11.0 Å². The molecule has 2 aromatic heterocycles. The van der Waals surface area contributed by atoms with E-state index in [9.17, 15) is 0 Å². The Balaban J connectivity index is 1.96. The number of hydrogen-bond acceptors (Lipinski definition) is 2. The van der Waals surface area contributed by atoms with Crippen LogP contribution in [0, 0.1) is 4.77 Å². The van der Waals surface area contributed by atoms with Crippen LogP contribution in [0.1, 0.15) is 5.56 Å². The van der Waals surface area contributed by atoms with Gasteiger partial charge in [-0.05, 0) is 59.2 Å². The molecular formula is C13H11ClN2S2. The van der Waals surface area contributed by atoms with Gasteiger partial charge in [0.25, 0.3) is 0 Å². The summed E-state index contributed by atoms with van der Waals surface area (Å²) in [4.78, 5) is 3.19. The summed E-state index contributed by atoms with van der Waals surface area (Å²) < 4.78 is 2.88. The molecule has 1 N–H and O–H groups in total. The van der Waals surface area contributed by atoms with E-state index < -0.39 is 0 Å². The molecule has 0 aliphatic heterocycles. The molecule has 3 aromatic rings. The fourth-order valence-corrected chi connectivity index (χ4v) is 3.21. The van der Waals surface area contributed by atoms with Gasteiger partial charge in [0.2, 0.25) is 0 Å². The summed E-state index contributed by atoms with van der Waals surface area (Å²) in [5.74, 6) is 0. The van der Waals surface area contributed by atoms with Crippen LogP contribution in [0.5, 0.6) is 0 Å². The van der Waals surface area contributed by atoms with E-state index >= 15 is 0 Å². The molecular weight excluding hydrogens is 284 g/mol. The molecule has 0 saturated carbocycles. The van der Waals surface area contributed by atoms with Gasteiger partial charge in [-0.15, -0.1) is 0 Å². The first-order valence-electron chi connectivity index (χ1n) is 5.63. The molecule has 3 rings (SSSR count). The zero-order valence-corrected chi connectivity index (χ0v) is 11.9. The van der Waals surface area contributed by atoms with Crippen LogP contribution in [0.3, 0.4) is 0 Å². The van der Waals surface area contributed by atoms with Gasteiger partial charge in [0.1, 0.15) is 0 Å². The minimum Gasteiger partial charge on any atom is -0.331 e. The Morgan fingerprint density at radius 2 is 2.22 bits per heavy atom. The van der Waals surface area contributed by atoms with Crippen molar-refractivity contribution in [1.29, 1.82) is 0 Å². The lowest BCUT2D eigenvalue weighted by molar-refractivity contribution is 0.708. The van der Waals surface area contributed by atoms with Gasteiger partial charge in [-0.25, -0.2) is 0 Å². The van der Waals surface area contributed by atoms with Crippen molar-refractivity contribution in [3.05, 3.63) is 50.4 Å². The Morgan fingerprint density at radius 3 is 3.00 bits per heavy atom. The molecule has 0 aliphatic rings. The normalized spacial score (nSPS) is 11.2. The van der Waals surface area contributed by atoms with E-state index in [0.717, 1.165) is 33.8 Å². The summed E-state index contributed by atoms with van der Waals surface area (Å²) in [6.45, 7) is 0.886. The first-order chi connectivity index (χ1) is 8.74. The molecule has 2 nitrogen and oxygen atoms in total. The third-order valence-corrected chi connectivity index (χ3v) is 4.23. The van der Waals surface area contributed by atoms with Gasteiger partial charge in [-0.3, -0.25) is 0 Å². The lowest BCUT2D eigenvalue weighted by Gasteiger charge is -2.03. The number of halogens is 1. The summed E-state index contributed by atoms with van der Waals surface area (Å²) in [6.07, 6.45) is 0.993. The van der Waals surface area contributed by atoms with E-state index in [2.05, 4.69) is 26.4 Å². The second kappa shape index (κ2) is 4.88. The lowest BCUT2D eigenvalue weighted by atomic mass is 10.2. The van der Waals surface area contributed by atoms with Crippen LogP contribution in [0.4, 0.5) is 0 Å². The van der Waals surface area contributed by atoms with E-state index in [-0.39, 0.29) is 0 Å². The molecule has 18 heavy (non-hydrogen) atoms. The number of aromatic amines is 1. The maximum absolute atomic E-state index is 5.98. The van der Waals surface area contributed by atoms with Crippen LogP contribution in [0.15, 0.2) is 35.0 Å². The number of imidazole rings is 1. The number of H-pyrrole nitrogens is 1. The number of aromatic nitrogens is 2. The molecule has 0 aliphatic carbocycles. The minimum atomic E-state index is 0.726. The number of aryl methyl sites for hydroxylation is 2. The van der Waals surface area contributed by atoms with Crippen molar-refractivity contribution in [3.63, 3.8) is 0 Å². The SMILES string of the molecule is S=c1[nH]c2cc(Cl)ccc2n1CCc1ccsc1. The highest BCUT2D eigenvalue weighted by Gasteiger charge is 2.05. The highest BCUT2D eigenvalue weighted by Crippen LogP contribution is 2.19. The Morgan fingerprint density at radius 1 is 1.33 bits per heavy atom. The summed E-state index contributed by atoms with van der Waals surface area (Å²) in [5.41, 5.74) is 3.46. The van der Waals surface area contributed by atoms with Crippen molar-refractivity contribution >= 4 is 46.2 Å². The largest absolute Gasteiger partial charge is 0.331 e. The third-order valence-electron chi connectivity index (χ3n) is 2.94. The van der Waals surface area contributed by atoms with Gasteiger partial charge in [0, 0.05) is 11.6 Å². The highest BCUT2D eigenvalue weighted by atomic mass is 35.5. The van der Waals surface area contributed by atoms with Gasteiger partial charge in [0.15, 0.2) is 4.77 Å². The first-order valence-corrected chi connectivity index (χ1v) is 7.36. The molecule has 0 saturated heterocycles. The average molecular weight is 295 g/mol. The van der Waals surface area contributed by atoms with Crippen LogP contribution < -0.4 is 0 Å². The van der Waals surface area contributed by atoms with E-state index in [0.29, 0.717) is 0 Å². The maximum atomic E-state index is 5.98. The predicted molar refractivity (Wildman–Crippen MR) is 80.2 cm³/mol. The molecule has 0 fully saturated rings. The second-order valence-corrected chi connectivity index (χ2v) is 5.73. The van der Waals surface area contributed by atoms with Crippen molar-refractivity contribution in [2.45, 2.75) is 13.0 Å². The Bertz CT molecular complexity index is 725. The number of benzene rings is 1. The fourth-order valence-electron chi connectivity index (χ4n) is 2.03. The smallest absolute Gasteiger partial charge is 0.178 e. The number of fused-ring (bicyclic) bond motifs is 1.